The standard InChI is InChI=1S/C19H23NO/c1-14-10-11-19(21)17(13-14)15(2)20-12-6-9-18(20)16-7-4-3-5-8-16/h3-5,7-8,10-11,13,15,18,21H,6,9,12H2,1-2H3. The molecule has 0 radical (unpaired) electrons. The third-order valence-corrected chi connectivity index (χ3v) is 4.61. The van der Waals surface area contributed by atoms with Crippen LogP contribution < -0.4 is 0 Å². The fraction of sp³-hybridized carbons (Fsp3) is 0.368. The van der Waals surface area contributed by atoms with E-state index in [-0.39, 0.29) is 6.04 Å². The normalized spacial score (nSPS) is 20.6. The maximum absolute atomic E-state index is 10.2. The number of aryl methyl sites for hydroxylation is 1. The molecule has 1 N–H and O–H groups in total. The Bertz CT molecular complexity index is 608. The fourth-order valence-corrected chi connectivity index (χ4v) is 3.47. The van der Waals surface area contributed by atoms with Crippen molar-refractivity contribution >= 4 is 0 Å². The Morgan fingerprint density at radius 2 is 1.90 bits per heavy atom. The molecular formula is C19H23NO. The SMILES string of the molecule is Cc1ccc(O)c(C(C)N2CCCC2c2ccccc2)c1. The average Bonchev–Trinajstić information content (AvgIpc) is 2.99. The van der Waals surface area contributed by atoms with Crippen LogP contribution in [0.4, 0.5) is 0 Å². The second kappa shape index (κ2) is 5.90. The van der Waals surface area contributed by atoms with Gasteiger partial charge in [-0.2, -0.15) is 0 Å². The van der Waals surface area contributed by atoms with Gasteiger partial charge in [0.15, 0.2) is 0 Å². The third-order valence-electron chi connectivity index (χ3n) is 4.61. The summed E-state index contributed by atoms with van der Waals surface area (Å²) in [6, 6.07) is 17.3. The topological polar surface area (TPSA) is 23.5 Å². The molecule has 2 aromatic rings. The molecule has 1 saturated heterocycles. The molecule has 1 heterocycles. The zero-order valence-electron chi connectivity index (χ0n) is 12.8. The number of hydrogen-bond acceptors (Lipinski definition) is 2. The number of rotatable bonds is 3. The summed E-state index contributed by atoms with van der Waals surface area (Å²) in [5.74, 6) is 0.409. The largest absolute Gasteiger partial charge is 0.508 e. The molecule has 21 heavy (non-hydrogen) atoms. The van der Waals surface area contributed by atoms with E-state index in [1.165, 1.54) is 24.0 Å². The van der Waals surface area contributed by atoms with Crippen LogP contribution >= 0.6 is 0 Å². The van der Waals surface area contributed by atoms with Crippen LogP contribution in [0.3, 0.4) is 0 Å². The average molecular weight is 281 g/mol. The Balaban J connectivity index is 1.90. The summed E-state index contributed by atoms with van der Waals surface area (Å²) in [5.41, 5.74) is 3.62. The van der Waals surface area contributed by atoms with E-state index in [0.29, 0.717) is 11.8 Å². The van der Waals surface area contributed by atoms with Gasteiger partial charge >= 0.3 is 0 Å². The van der Waals surface area contributed by atoms with E-state index in [9.17, 15) is 5.11 Å². The molecule has 2 atom stereocenters. The molecule has 0 aromatic heterocycles. The van der Waals surface area contributed by atoms with Gasteiger partial charge in [-0.1, -0.05) is 48.0 Å². The van der Waals surface area contributed by atoms with Crippen LogP contribution in [0.15, 0.2) is 48.5 Å². The lowest BCUT2D eigenvalue weighted by Gasteiger charge is -2.31. The number of nitrogens with zero attached hydrogens (tertiary/aromatic N) is 1. The van der Waals surface area contributed by atoms with Crippen LogP contribution in [0.1, 0.15) is 48.5 Å². The van der Waals surface area contributed by atoms with Crippen molar-refractivity contribution in [2.24, 2.45) is 0 Å². The number of phenolic OH excluding ortho intramolecular Hbond substituents is 1. The first-order valence-electron chi connectivity index (χ1n) is 7.77. The number of phenols is 1. The lowest BCUT2D eigenvalue weighted by atomic mass is 9.99. The van der Waals surface area contributed by atoms with Crippen molar-refractivity contribution in [3.63, 3.8) is 0 Å². The molecule has 0 aliphatic carbocycles. The summed E-state index contributed by atoms with van der Waals surface area (Å²) in [5, 5.41) is 10.2. The van der Waals surface area contributed by atoms with Crippen molar-refractivity contribution in [1.29, 1.82) is 0 Å². The molecule has 0 amide bonds. The van der Waals surface area contributed by atoms with Gasteiger partial charge in [-0.3, -0.25) is 4.90 Å². The Hall–Kier alpha value is -1.80. The molecule has 0 spiro atoms. The van der Waals surface area contributed by atoms with Crippen LogP contribution in [-0.4, -0.2) is 16.6 Å². The summed E-state index contributed by atoms with van der Waals surface area (Å²) >= 11 is 0. The van der Waals surface area contributed by atoms with Gasteiger partial charge < -0.3 is 5.11 Å². The van der Waals surface area contributed by atoms with Gasteiger partial charge in [0.05, 0.1) is 0 Å². The van der Waals surface area contributed by atoms with E-state index in [2.05, 4.69) is 55.1 Å². The molecule has 110 valence electrons. The van der Waals surface area contributed by atoms with E-state index in [1.54, 1.807) is 0 Å². The zero-order chi connectivity index (χ0) is 14.8. The highest BCUT2D eigenvalue weighted by Gasteiger charge is 2.31. The van der Waals surface area contributed by atoms with Gasteiger partial charge in [-0.05, 0) is 44.9 Å². The molecule has 2 heteroatoms. The number of hydrogen-bond donors (Lipinski definition) is 1. The summed E-state index contributed by atoms with van der Waals surface area (Å²) in [7, 11) is 0. The van der Waals surface area contributed by atoms with E-state index < -0.39 is 0 Å². The molecule has 3 rings (SSSR count). The molecule has 1 aliphatic heterocycles. The van der Waals surface area contributed by atoms with Crippen LogP contribution in [-0.2, 0) is 0 Å². The summed E-state index contributed by atoms with van der Waals surface area (Å²) < 4.78 is 0. The van der Waals surface area contributed by atoms with Gasteiger partial charge in [0.2, 0.25) is 0 Å². The highest BCUT2D eigenvalue weighted by Crippen LogP contribution is 2.40. The molecule has 2 nitrogen and oxygen atoms in total. The first-order chi connectivity index (χ1) is 10.2. The Kier molecular flexibility index (Phi) is 3.98. The first kappa shape index (κ1) is 14.2. The second-order valence-electron chi connectivity index (χ2n) is 6.04. The predicted molar refractivity (Wildman–Crippen MR) is 86.4 cm³/mol. The van der Waals surface area contributed by atoms with Crippen molar-refractivity contribution in [2.45, 2.75) is 38.8 Å². The van der Waals surface area contributed by atoms with Gasteiger partial charge in [0.25, 0.3) is 0 Å². The summed E-state index contributed by atoms with van der Waals surface area (Å²) in [4.78, 5) is 2.52. The van der Waals surface area contributed by atoms with Gasteiger partial charge in [0, 0.05) is 17.6 Å². The minimum Gasteiger partial charge on any atom is -0.508 e. The smallest absolute Gasteiger partial charge is 0.120 e. The van der Waals surface area contributed by atoms with Crippen molar-refractivity contribution in [2.75, 3.05) is 6.54 Å². The van der Waals surface area contributed by atoms with Crippen LogP contribution in [0.2, 0.25) is 0 Å². The lowest BCUT2D eigenvalue weighted by molar-refractivity contribution is 0.191. The minimum atomic E-state index is 0.234. The molecule has 1 aliphatic rings. The summed E-state index contributed by atoms with van der Waals surface area (Å²) in [6.45, 7) is 5.37. The molecule has 0 bridgehead atoms. The number of benzene rings is 2. The summed E-state index contributed by atoms with van der Waals surface area (Å²) in [6.07, 6.45) is 2.41. The van der Waals surface area contributed by atoms with E-state index in [1.807, 2.05) is 12.1 Å². The van der Waals surface area contributed by atoms with E-state index in [4.69, 9.17) is 0 Å². The van der Waals surface area contributed by atoms with Crippen LogP contribution in [0, 0.1) is 6.92 Å². The Morgan fingerprint density at radius 3 is 2.67 bits per heavy atom. The molecule has 2 unspecified atom stereocenters. The van der Waals surface area contributed by atoms with Gasteiger partial charge in [-0.25, -0.2) is 0 Å². The van der Waals surface area contributed by atoms with Crippen molar-refractivity contribution in [3.05, 3.63) is 65.2 Å². The van der Waals surface area contributed by atoms with E-state index >= 15 is 0 Å². The minimum absolute atomic E-state index is 0.234. The first-order valence-corrected chi connectivity index (χ1v) is 7.77. The zero-order valence-corrected chi connectivity index (χ0v) is 12.8. The Labute approximate surface area is 127 Å². The monoisotopic (exact) mass is 281 g/mol. The number of aromatic hydroxyl groups is 1. The number of likely N-dealkylation sites (tertiary alicyclic amines) is 1. The molecule has 1 fully saturated rings. The molecule has 0 saturated carbocycles. The molecule has 2 aromatic carbocycles. The predicted octanol–water partition coefficient (Wildman–Crippen LogP) is 4.60. The van der Waals surface area contributed by atoms with E-state index in [0.717, 1.165) is 12.1 Å². The Morgan fingerprint density at radius 1 is 1.14 bits per heavy atom. The van der Waals surface area contributed by atoms with Gasteiger partial charge in [0.1, 0.15) is 5.75 Å². The van der Waals surface area contributed by atoms with Crippen LogP contribution in [0.25, 0.3) is 0 Å². The molecular weight excluding hydrogens is 258 g/mol. The lowest BCUT2D eigenvalue weighted by Crippen LogP contribution is -2.26. The van der Waals surface area contributed by atoms with Crippen LogP contribution in [0.5, 0.6) is 5.75 Å². The second-order valence-corrected chi connectivity index (χ2v) is 6.04. The van der Waals surface area contributed by atoms with Gasteiger partial charge in [-0.15, -0.1) is 0 Å². The fourth-order valence-electron chi connectivity index (χ4n) is 3.47. The highest BCUT2D eigenvalue weighted by molar-refractivity contribution is 5.38. The van der Waals surface area contributed by atoms with Crippen molar-refractivity contribution < 1.29 is 5.11 Å². The highest BCUT2D eigenvalue weighted by atomic mass is 16.3. The quantitative estimate of drug-likeness (QED) is 0.889. The van der Waals surface area contributed by atoms with Crippen molar-refractivity contribution in [3.8, 4) is 5.75 Å². The van der Waals surface area contributed by atoms with Crippen molar-refractivity contribution in [1.82, 2.24) is 4.90 Å². The third kappa shape index (κ3) is 2.81. The maximum atomic E-state index is 10.2. The maximum Gasteiger partial charge on any atom is 0.120 e.